The Labute approximate surface area is 116 Å². The van der Waals surface area contributed by atoms with Crippen LogP contribution in [0.25, 0.3) is 0 Å². The lowest BCUT2D eigenvalue weighted by Gasteiger charge is -2.16. The van der Waals surface area contributed by atoms with Crippen molar-refractivity contribution in [1.82, 2.24) is 5.32 Å². The van der Waals surface area contributed by atoms with Gasteiger partial charge in [-0.05, 0) is 44.2 Å². The molecule has 1 amide bonds. The Morgan fingerprint density at radius 2 is 1.74 bits per heavy atom. The van der Waals surface area contributed by atoms with Crippen molar-refractivity contribution in [2.45, 2.75) is 47.1 Å². The van der Waals surface area contributed by atoms with Gasteiger partial charge in [0.15, 0.2) is 0 Å². The standard InChI is InChI=1S/C16H26N2O/c1-10(2)6-14(17)9-18-16(19)15-12(4)7-11(3)8-13(15)5/h7-8,10,14H,6,9,17H2,1-5H3,(H,18,19). The van der Waals surface area contributed by atoms with Gasteiger partial charge in [-0.15, -0.1) is 0 Å². The summed E-state index contributed by atoms with van der Waals surface area (Å²) in [5, 5.41) is 2.94. The molecule has 3 N–H and O–H groups in total. The number of carbonyl (C=O) groups is 1. The topological polar surface area (TPSA) is 55.1 Å². The van der Waals surface area contributed by atoms with Crippen molar-refractivity contribution < 1.29 is 4.79 Å². The van der Waals surface area contributed by atoms with Crippen LogP contribution in [0.1, 0.15) is 47.3 Å². The molecule has 19 heavy (non-hydrogen) atoms. The Bertz CT molecular complexity index is 429. The second-order valence-corrected chi connectivity index (χ2v) is 5.87. The zero-order valence-electron chi connectivity index (χ0n) is 12.7. The minimum absolute atomic E-state index is 0.0193. The van der Waals surface area contributed by atoms with E-state index in [0.29, 0.717) is 12.5 Å². The predicted octanol–water partition coefficient (Wildman–Crippen LogP) is 2.72. The van der Waals surface area contributed by atoms with E-state index in [1.807, 2.05) is 32.9 Å². The number of hydrogen-bond acceptors (Lipinski definition) is 2. The SMILES string of the molecule is Cc1cc(C)c(C(=O)NCC(N)CC(C)C)c(C)c1. The number of hydrogen-bond donors (Lipinski definition) is 2. The van der Waals surface area contributed by atoms with E-state index in [1.54, 1.807) is 0 Å². The molecule has 1 aromatic rings. The fourth-order valence-corrected chi connectivity index (χ4v) is 2.54. The Hall–Kier alpha value is -1.35. The molecule has 0 aliphatic rings. The van der Waals surface area contributed by atoms with E-state index in [-0.39, 0.29) is 11.9 Å². The van der Waals surface area contributed by atoms with Crippen LogP contribution < -0.4 is 11.1 Å². The summed E-state index contributed by atoms with van der Waals surface area (Å²) in [5.74, 6) is 0.531. The first kappa shape index (κ1) is 15.7. The molecule has 1 aromatic carbocycles. The smallest absolute Gasteiger partial charge is 0.251 e. The van der Waals surface area contributed by atoms with Crippen molar-refractivity contribution >= 4 is 5.91 Å². The molecule has 0 aliphatic carbocycles. The summed E-state index contributed by atoms with van der Waals surface area (Å²) in [5.41, 5.74) is 9.99. The number of benzene rings is 1. The summed E-state index contributed by atoms with van der Waals surface area (Å²) in [6.07, 6.45) is 0.923. The van der Waals surface area contributed by atoms with Gasteiger partial charge >= 0.3 is 0 Å². The van der Waals surface area contributed by atoms with E-state index in [9.17, 15) is 4.79 Å². The molecule has 0 radical (unpaired) electrons. The molecule has 0 saturated heterocycles. The third kappa shape index (κ3) is 4.67. The number of nitrogens with two attached hydrogens (primary N) is 1. The molecule has 0 fully saturated rings. The summed E-state index contributed by atoms with van der Waals surface area (Å²) >= 11 is 0. The van der Waals surface area contributed by atoms with E-state index in [1.165, 1.54) is 5.56 Å². The van der Waals surface area contributed by atoms with Gasteiger partial charge in [-0.2, -0.15) is 0 Å². The highest BCUT2D eigenvalue weighted by Gasteiger charge is 2.14. The van der Waals surface area contributed by atoms with Crippen molar-refractivity contribution in [3.8, 4) is 0 Å². The third-order valence-corrected chi connectivity index (χ3v) is 3.20. The highest BCUT2D eigenvalue weighted by molar-refractivity contribution is 5.97. The highest BCUT2D eigenvalue weighted by Crippen LogP contribution is 2.16. The molecule has 3 heteroatoms. The van der Waals surface area contributed by atoms with Crippen molar-refractivity contribution in [3.63, 3.8) is 0 Å². The van der Waals surface area contributed by atoms with Crippen LogP contribution in [0.15, 0.2) is 12.1 Å². The van der Waals surface area contributed by atoms with E-state index in [0.717, 1.165) is 23.1 Å². The van der Waals surface area contributed by atoms with Gasteiger partial charge in [0.25, 0.3) is 5.91 Å². The molecule has 1 atom stereocenters. The summed E-state index contributed by atoms with van der Waals surface area (Å²) < 4.78 is 0. The molecule has 0 aromatic heterocycles. The maximum Gasteiger partial charge on any atom is 0.251 e. The fourth-order valence-electron chi connectivity index (χ4n) is 2.54. The lowest BCUT2D eigenvalue weighted by Crippen LogP contribution is -2.38. The molecule has 1 rings (SSSR count). The van der Waals surface area contributed by atoms with Crippen LogP contribution in [-0.4, -0.2) is 18.5 Å². The molecule has 3 nitrogen and oxygen atoms in total. The Balaban J connectivity index is 2.69. The third-order valence-electron chi connectivity index (χ3n) is 3.20. The van der Waals surface area contributed by atoms with Crippen molar-refractivity contribution in [2.24, 2.45) is 11.7 Å². The summed E-state index contributed by atoms with van der Waals surface area (Å²) in [6, 6.07) is 4.10. The largest absolute Gasteiger partial charge is 0.350 e. The average Bonchev–Trinajstić information content (AvgIpc) is 2.23. The monoisotopic (exact) mass is 262 g/mol. The van der Waals surface area contributed by atoms with Gasteiger partial charge in [0.1, 0.15) is 0 Å². The van der Waals surface area contributed by atoms with E-state index < -0.39 is 0 Å². The first-order chi connectivity index (χ1) is 8.81. The van der Waals surface area contributed by atoms with Gasteiger partial charge < -0.3 is 11.1 Å². The predicted molar refractivity (Wildman–Crippen MR) is 80.4 cm³/mol. The number of nitrogens with one attached hydrogen (secondary N) is 1. The molecule has 0 heterocycles. The minimum atomic E-state index is -0.0193. The van der Waals surface area contributed by atoms with Gasteiger partial charge in [-0.1, -0.05) is 31.5 Å². The second kappa shape index (κ2) is 6.71. The van der Waals surface area contributed by atoms with Crippen LogP contribution in [0.3, 0.4) is 0 Å². The molecule has 0 aliphatic heterocycles. The van der Waals surface area contributed by atoms with Crippen molar-refractivity contribution in [1.29, 1.82) is 0 Å². The lowest BCUT2D eigenvalue weighted by molar-refractivity contribution is 0.0949. The zero-order valence-corrected chi connectivity index (χ0v) is 12.7. The number of carbonyl (C=O) groups excluding carboxylic acids is 1. The van der Waals surface area contributed by atoms with Crippen LogP contribution in [-0.2, 0) is 0 Å². The molecule has 0 spiro atoms. The Morgan fingerprint density at radius 1 is 1.21 bits per heavy atom. The Kier molecular flexibility index (Phi) is 5.55. The zero-order chi connectivity index (χ0) is 14.6. The second-order valence-electron chi connectivity index (χ2n) is 5.87. The van der Waals surface area contributed by atoms with Crippen LogP contribution in [0.4, 0.5) is 0 Å². The first-order valence-electron chi connectivity index (χ1n) is 6.93. The molecule has 0 saturated carbocycles. The lowest BCUT2D eigenvalue weighted by atomic mass is 9.99. The molecule has 0 bridgehead atoms. The first-order valence-corrected chi connectivity index (χ1v) is 6.93. The fraction of sp³-hybridized carbons (Fsp3) is 0.562. The summed E-state index contributed by atoms with van der Waals surface area (Å²) in [4.78, 5) is 12.2. The highest BCUT2D eigenvalue weighted by atomic mass is 16.1. The van der Waals surface area contributed by atoms with E-state index in [4.69, 9.17) is 5.73 Å². The Morgan fingerprint density at radius 3 is 2.21 bits per heavy atom. The van der Waals surface area contributed by atoms with Gasteiger partial charge in [-0.3, -0.25) is 4.79 Å². The van der Waals surface area contributed by atoms with Crippen LogP contribution in [0, 0.1) is 26.7 Å². The molecular formula is C16H26N2O. The van der Waals surface area contributed by atoms with Gasteiger partial charge in [0.05, 0.1) is 0 Å². The normalized spacial score (nSPS) is 12.6. The minimum Gasteiger partial charge on any atom is -0.350 e. The van der Waals surface area contributed by atoms with Gasteiger partial charge in [0, 0.05) is 18.2 Å². The number of aryl methyl sites for hydroxylation is 3. The van der Waals surface area contributed by atoms with Gasteiger partial charge in [-0.25, -0.2) is 0 Å². The quantitative estimate of drug-likeness (QED) is 0.857. The van der Waals surface area contributed by atoms with Gasteiger partial charge in [0.2, 0.25) is 0 Å². The average molecular weight is 262 g/mol. The van der Waals surface area contributed by atoms with Crippen molar-refractivity contribution in [3.05, 3.63) is 34.4 Å². The molecular weight excluding hydrogens is 236 g/mol. The molecule has 1 unspecified atom stereocenters. The summed E-state index contributed by atoms with van der Waals surface area (Å²) in [6.45, 7) is 10.8. The molecule has 106 valence electrons. The maximum absolute atomic E-state index is 12.2. The number of amides is 1. The van der Waals surface area contributed by atoms with Crippen LogP contribution >= 0.6 is 0 Å². The van der Waals surface area contributed by atoms with Crippen LogP contribution in [0.2, 0.25) is 0 Å². The maximum atomic E-state index is 12.2. The van der Waals surface area contributed by atoms with Crippen LogP contribution in [0.5, 0.6) is 0 Å². The van der Waals surface area contributed by atoms with E-state index in [2.05, 4.69) is 19.2 Å². The van der Waals surface area contributed by atoms with E-state index >= 15 is 0 Å². The van der Waals surface area contributed by atoms with Crippen molar-refractivity contribution in [2.75, 3.05) is 6.54 Å². The number of rotatable bonds is 5. The summed E-state index contributed by atoms with van der Waals surface area (Å²) in [7, 11) is 0.